The number of piperazine rings is 1. The maximum Gasteiger partial charge on any atom is 0.337 e. The molecule has 0 aromatic carbocycles. The van der Waals surface area contributed by atoms with Gasteiger partial charge in [-0.3, -0.25) is 9.69 Å². The average molecular weight is 476 g/mol. The molecule has 2 aliphatic rings. The molecule has 5 heterocycles. The third-order valence-electron chi connectivity index (χ3n) is 6.83. The van der Waals surface area contributed by atoms with E-state index < -0.39 is 5.97 Å². The van der Waals surface area contributed by atoms with Crippen LogP contribution in [0.1, 0.15) is 35.5 Å². The highest BCUT2D eigenvalue weighted by molar-refractivity contribution is 5.87. The predicted octanol–water partition coefficient (Wildman–Crippen LogP) is 1.84. The van der Waals surface area contributed by atoms with Crippen LogP contribution in [0.15, 0.2) is 48.9 Å². The van der Waals surface area contributed by atoms with Crippen LogP contribution in [0, 0.1) is 0 Å². The number of rotatable bonds is 5. The summed E-state index contributed by atoms with van der Waals surface area (Å²) in [6.07, 6.45) is 5.85. The zero-order valence-electron chi connectivity index (χ0n) is 19.9. The highest BCUT2D eigenvalue weighted by Gasteiger charge is 2.33. The second kappa shape index (κ2) is 9.46. The highest BCUT2D eigenvalue weighted by Crippen LogP contribution is 2.23. The summed E-state index contributed by atoms with van der Waals surface area (Å²) in [7, 11) is 0. The molecule has 5 rings (SSSR count). The van der Waals surface area contributed by atoms with Crippen molar-refractivity contribution in [3.05, 3.63) is 65.7 Å². The van der Waals surface area contributed by atoms with Crippen molar-refractivity contribution < 1.29 is 14.7 Å². The average Bonchev–Trinajstić information content (AvgIpc) is 3.30. The second-order valence-corrected chi connectivity index (χ2v) is 9.28. The number of nitrogens with zero attached hydrogens (tertiary/aromatic N) is 7. The molecule has 0 radical (unpaired) electrons. The molecule has 0 aliphatic carbocycles. The second-order valence-electron chi connectivity index (χ2n) is 9.28. The van der Waals surface area contributed by atoms with Crippen LogP contribution >= 0.6 is 0 Å². The fraction of sp³-hybridized carbons (Fsp3) is 0.400. The van der Waals surface area contributed by atoms with E-state index in [0.717, 1.165) is 42.4 Å². The minimum atomic E-state index is -0.983. The first kappa shape index (κ1) is 23.0. The Morgan fingerprint density at radius 1 is 1.06 bits per heavy atom. The molecule has 0 spiro atoms. The van der Waals surface area contributed by atoms with Crippen LogP contribution in [0.5, 0.6) is 0 Å². The smallest absolute Gasteiger partial charge is 0.337 e. The number of anilines is 1. The van der Waals surface area contributed by atoms with E-state index in [-0.39, 0.29) is 23.6 Å². The van der Waals surface area contributed by atoms with Crippen molar-refractivity contribution in [3.8, 4) is 5.82 Å². The number of carboxylic acid groups (broad SMARTS) is 1. The quantitative estimate of drug-likeness (QED) is 0.596. The Kier molecular flexibility index (Phi) is 6.21. The number of amides is 1. The molecule has 10 heteroatoms. The van der Waals surface area contributed by atoms with Crippen molar-refractivity contribution in [1.82, 2.24) is 29.5 Å². The molecular weight excluding hydrogens is 446 g/mol. The standard InChI is InChI=1S/C25H29N7O3/c1-17-12-30(22-7-6-19(11-27-22)25(34)35)13-18(2)31(17)16-24(33)29-10-8-21-20(14-29)15-32(28-21)23-5-3-4-9-26-23/h3-7,9,11,15,17-18H,8,10,12-14,16H2,1-2H3,(H,34,35)/t17-,18+. The molecule has 3 aromatic heterocycles. The van der Waals surface area contributed by atoms with Crippen molar-refractivity contribution in [2.45, 2.75) is 38.9 Å². The molecule has 1 saturated heterocycles. The SMILES string of the molecule is C[C@@H]1CN(c2ccc(C(=O)O)cn2)C[C@H](C)N1CC(=O)N1CCc2nn(-c3ccccn3)cc2C1. The van der Waals surface area contributed by atoms with Gasteiger partial charge in [-0.25, -0.2) is 19.4 Å². The van der Waals surface area contributed by atoms with Gasteiger partial charge >= 0.3 is 5.97 Å². The van der Waals surface area contributed by atoms with E-state index in [0.29, 0.717) is 19.6 Å². The number of hydrogen-bond donors (Lipinski definition) is 1. The van der Waals surface area contributed by atoms with Crippen LogP contribution in [0.2, 0.25) is 0 Å². The Bertz CT molecular complexity index is 1200. The lowest BCUT2D eigenvalue weighted by atomic mass is 10.1. The Balaban J connectivity index is 1.21. The van der Waals surface area contributed by atoms with Crippen molar-refractivity contribution in [2.75, 3.05) is 31.1 Å². The number of pyridine rings is 2. The summed E-state index contributed by atoms with van der Waals surface area (Å²) in [6.45, 7) is 7.26. The number of carbonyl (C=O) groups excluding carboxylic acids is 1. The summed E-state index contributed by atoms with van der Waals surface area (Å²) in [4.78, 5) is 39.4. The number of carbonyl (C=O) groups is 2. The number of fused-ring (bicyclic) bond motifs is 1. The fourth-order valence-electron chi connectivity index (χ4n) is 4.94. The lowest BCUT2D eigenvalue weighted by Gasteiger charge is -2.45. The van der Waals surface area contributed by atoms with E-state index in [1.165, 1.54) is 6.20 Å². The molecule has 2 aliphatic heterocycles. The van der Waals surface area contributed by atoms with Crippen LogP contribution in [0.25, 0.3) is 5.82 Å². The Hall–Kier alpha value is -3.79. The van der Waals surface area contributed by atoms with E-state index in [1.54, 1.807) is 23.0 Å². The van der Waals surface area contributed by atoms with E-state index in [9.17, 15) is 9.59 Å². The monoisotopic (exact) mass is 475 g/mol. The van der Waals surface area contributed by atoms with Gasteiger partial charge in [0.15, 0.2) is 5.82 Å². The molecule has 1 amide bonds. The van der Waals surface area contributed by atoms with Gasteiger partial charge in [0.05, 0.1) is 17.8 Å². The molecule has 0 saturated carbocycles. The van der Waals surface area contributed by atoms with Crippen LogP contribution in [-0.2, 0) is 17.8 Å². The third kappa shape index (κ3) is 4.74. The first-order valence-electron chi connectivity index (χ1n) is 11.9. The van der Waals surface area contributed by atoms with Gasteiger partial charge in [0, 0.05) is 68.8 Å². The minimum Gasteiger partial charge on any atom is -0.478 e. The van der Waals surface area contributed by atoms with Gasteiger partial charge in [0.1, 0.15) is 5.82 Å². The van der Waals surface area contributed by atoms with Crippen LogP contribution in [0.3, 0.4) is 0 Å². The molecule has 1 fully saturated rings. The molecular formula is C25H29N7O3. The minimum absolute atomic E-state index is 0.123. The first-order chi connectivity index (χ1) is 16.9. The molecule has 0 bridgehead atoms. The zero-order chi connectivity index (χ0) is 24.5. The van der Waals surface area contributed by atoms with E-state index in [2.05, 4.69) is 38.7 Å². The van der Waals surface area contributed by atoms with Crippen LogP contribution < -0.4 is 4.90 Å². The van der Waals surface area contributed by atoms with E-state index >= 15 is 0 Å². The highest BCUT2D eigenvalue weighted by atomic mass is 16.4. The molecule has 3 aromatic rings. The molecule has 2 atom stereocenters. The summed E-state index contributed by atoms with van der Waals surface area (Å²) < 4.78 is 1.79. The van der Waals surface area contributed by atoms with Crippen molar-refractivity contribution in [1.29, 1.82) is 0 Å². The van der Waals surface area contributed by atoms with Crippen LogP contribution in [-0.4, -0.2) is 84.8 Å². The third-order valence-corrected chi connectivity index (χ3v) is 6.83. The van der Waals surface area contributed by atoms with Gasteiger partial charge in [-0.15, -0.1) is 0 Å². The number of aromatic nitrogens is 4. The van der Waals surface area contributed by atoms with Gasteiger partial charge in [0.2, 0.25) is 5.91 Å². The Morgan fingerprint density at radius 2 is 1.86 bits per heavy atom. The number of aromatic carboxylic acids is 1. The fourth-order valence-corrected chi connectivity index (χ4v) is 4.94. The zero-order valence-corrected chi connectivity index (χ0v) is 19.9. The summed E-state index contributed by atoms with van der Waals surface area (Å²) in [5, 5.41) is 13.8. The molecule has 182 valence electrons. The molecule has 10 nitrogen and oxygen atoms in total. The van der Waals surface area contributed by atoms with Gasteiger partial charge in [-0.2, -0.15) is 5.10 Å². The van der Waals surface area contributed by atoms with Crippen LogP contribution in [0.4, 0.5) is 5.82 Å². The van der Waals surface area contributed by atoms with Gasteiger partial charge in [-0.05, 0) is 38.1 Å². The molecule has 0 unspecified atom stereocenters. The lowest BCUT2D eigenvalue weighted by Crippen LogP contribution is -2.59. The van der Waals surface area contributed by atoms with E-state index in [1.807, 2.05) is 29.3 Å². The van der Waals surface area contributed by atoms with Gasteiger partial charge in [-0.1, -0.05) is 6.07 Å². The summed E-state index contributed by atoms with van der Waals surface area (Å²) in [5.74, 6) is 0.667. The van der Waals surface area contributed by atoms with Crippen molar-refractivity contribution in [3.63, 3.8) is 0 Å². The van der Waals surface area contributed by atoms with Gasteiger partial charge in [0.25, 0.3) is 0 Å². The maximum absolute atomic E-state index is 13.3. The van der Waals surface area contributed by atoms with Crippen molar-refractivity contribution >= 4 is 17.7 Å². The first-order valence-corrected chi connectivity index (χ1v) is 11.9. The lowest BCUT2D eigenvalue weighted by molar-refractivity contribution is -0.134. The van der Waals surface area contributed by atoms with E-state index in [4.69, 9.17) is 5.11 Å². The largest absolute Gasteiger partial charge is 0.478 e. The predicted molar refractivity (Wildman–Crippen MR) is 130 cm³/mol. The number of hydrogen-bond acceptors (Lipinski definition) is 7. The van der Waals surface area contributed by atoms with Gasteiger partial charge < -0.3 is 14.9 Å². The number of carboxylic acids is 1. The summed E-state index contributed by atoms with van der Waals surface area (Å²) in [5.41, 5.74) is 2.27. The normalized spacial score (nSPS) is 20.5. The maximum atomic E-state index is 13.3. The Labute approximate surface area is 203 Å². The Morgan fingerprint density at radius 3 is 2.51 bits per heavy atom. The molecule has 35 heavy (non-hydrogen) atoms. The summed E-state index contributed by atoms with van der Waals surface area (Å²) >= 11 is 0. The van der Waals surface area contributed by atoms with Crippen molar-refractivity contribution in [2.24, 2.45) is 0 Å². The molecule has 1 N–H and O–H groups in total. The summed E-state index contributed by atoms with van der Waals surface area (Å²) in [6, 6.07) is 9.35. The topological polar surface area (TPSA) is 108 Å².